The monoisotopic (exact) mass is 335 g/mol. The molecule has 0 saturated heterocycles. The molecule has 2 aromatic carbocycles. The highest BCUT2D eigenvalue weighted by Crippen LogP contribution is 2.25. The van der Waals surface area contributed by atoms with Crippen LogP contribution in [0.3, 0.4) is 0 Å². The van der Waals surface area contributed by atoms with E-state index in [-0.39, 0.29) is 5.91 Å². The zero-order valence-corrected chi connectivity index (χ0v) is 14.4. The van der Waals surface area contributed by atoms with Crippen LogP contribution in [0.1, 0.15) is 24.0 Å². The molecule has 1 amide bonds. The molecular formula is C21H21NOS. The summed E-state index contributed by atoms with van der Waals surface area (Å²) in [6.07, 6.45) is 2.39. The van der Waals surface area contributed by atoms with Crippen molar-refractivity contribution < 1.29 is 4.79 Å². The van der Waals surface area contributed by atoms with E-state index in [0.29, 0.717) is 13.0 Å². The Bertz CT molecular complexity index is 766. The molecule has 0 bridgehead atoms. The zero-order valence-electron chi connectivity index (χ0n) is 13.6. The van der Waals surface area contributed by atoms with E-state index in [4.69, 9.17) is 0 Å². The fraction of sp³-hybridized carbons (Fsp3) is 0.190. The first kappa shape index (κ1) is 16.5. The van der Waals surface area contributed by atoms with E-state index in [1.54, 1.807) is 11.3 Å². The Kier molecular flexibility index (Phi) is 5.80. The van der Waals surface area contributed by atoms with Crippen LogP contribution in [0.15, 0.2) is 71.4 Å². The van der Waals surface area contributed by atoms with E-state index in [9.17, 15) is 4.79 Å². The first-order valence-electron chi connectivity index (χ1n) is 8.24. The molecule has 0 aliphatic carbocycles. The number of aryl methyl sites for hydroxylation is 1. The Labute approximate surface area is 147 Å². The lowest BCUT2D eigenvalue weighted by molar-refractivity contribution is -0.121. The third-order valence-corrected chi connectivity index (χ3v) is 4.72. The van der Waals surface area contributed by atoms with Crippen LogP contribution in [-0.4, -0.2) is 5.91 Å². The molecule has 0 spiro atoms. The fourth-order valence-corrected chi connectivity index (χ4v) is 3.41. The van der Waals surface area contributed by atoms with Crippen LogP contribution in [0, 0.1) is 0 Å². The predicted molar refractivity (Wildman–Crippen MR) is 101 cm³/mol. The molecule has 122 valence electrons. The minimum Gasteiger partial charge on any atom is -0.352 e. The molecule has 3 rings (SSSR count). The minimum absolute atomic E-state index is 0.117. The topological polar surface area (TPSA) is 29.1 Å². The Balaban J connectivity index is 1.50. The molecule has 0 aliphatic heterocycles. The van der Waals surface area contributed by atoms with Crippen molar-refractivity contribution in [3.8, 4) is 11.1 Å². The number of rotatable bonds is 7. The van der Waals surface area contributed by atoms with E-state index in [1.807, 2.05) is 30.3 Å². The molecule has 24 heavy (non-hydrogen) atoms. The molecule has 2 nitrogen and oxygen atoms in total. The highest BCUT2D eigenvalue weighted by molar-refractivity contribution is 7.08. The lowest BCUT2D eigenvalue weighted by atomic mass is 10.0. The smallest absolute Gasteiger partial charge is 0.220 e. The van der Waals surface area contributed by atoms with E-state index in [2.05, 4.69) is 46.4 Å². The molecule has 3 heteroatoms. The first-order valence-corrected chi connectivity index (χ1v) is 9.18. The van der Waals surface area contributed by atoms with Crippen LogP contribution in [0.2, 0.25) is 0 Å². The largest absolute Gasteiger partial charge is 0.352 e. The third kappa shape index (κ3) is 4.56. The summed E-state index contributed by atoms with van der Waals surface area (Å²) in [4.78, 5) is 12.1. The molecule has 0 fully saturated rings. The second-order valence-electron chi connectivity index (χ2n) is 5.79. The summed E-state index contributed by atoms with van der Waals surface area (Å²) in [6, 6.07) is 20.7. The normalized spacial score (nSPS) is 10.5. The van der Waals surface area contributed by atoms with E-state index < -0.39 is 0 Å². The first-order chi connectivity index (χ1) is 11.8. The summed E-state index contributed by atoms with van der Waals surface area (Å²) in [5.74, 6) is 0.117. The zero-order chi connectivity index (χ0) is 16.6. The fourth-order valence-electron chi connectivity index (χ4n) is 2.75. The van der Waals surface area contributed by atoms with Gasteiger partial charge in [-0.25, -0.2) is 0 Å². The van der Waals surface area contributed by atoms with Crippen LogP contribution in [0.4, 0.5) is 0 Å². The van der Waals surface area contributed by atoms with Gasteiger partial charge < -0.3 is 5.32 Å². The number of carbonyl (C=O) groups excluding carboxylic acids is 1. The van der Waals surface area contributed by atoms with Gasteiger partial charge in [0.15, 0.2) is 0 Å². The average Bonchev–Trinajstić information content (AvgIpc) is 3.16. The molecule has 1 heterocycles. The summed E-state index contributed by atoms with van der Waals surface area (Å²) in [5, 5.41) is 7.27. The lowest BCUT2D eigenvalue weighted by Gasteiger charge is -2.10. The van der Waals surface area contributed by atoms with Crippen molar-refractivity contribution >= 4 is 17.2 Å². The number of nitrogens with one attached hydrogen (secondary N) is 1. The highest BCUT2D eigenvalue weighted by atomic mass is 32.1. The number of hydrogen-bond donors (Lipinski definition) is 1. The molecule has 0 saturated carbocycles. The van der Waals surface area contributed by atoms with Crippen LogP contribution < -0.4 is 5.32 Å². The SMILES string of the molecule is O=C(CCCc1ccccc1)NCc1ccccc1-c1ccsc1. The van der Waals surface area contributed by atoms with Crippen LogP contribution >= 0.6 is 11.3 Å². The van der Waals surface area contributed by atoms with Gasteiger partial charge in [0, 0.05) is 13.0 Å². The highest BCUT2D eigenvalue weighted by Gasteiger charge is 2.07. The Morgan fingerprint density at radius 2 is 1.75 bits per heavy atom. The van der Waals surface area contributed by atoms with E-state index in [1.165, 1.54) is 16.7 Å². The summed E-state index contributed by atoms with van der Waals surface area (Å²) in [7, 11) is 0. The molecule has 0 unspecified atom stereocenters. The van der Waals surface area contributed by atoms with Crippen LogP contribution in [-0.2, 0) is 17.8 Å². The number of amides is 1. The van der Waals surface area contributed by atoms with Gasteiger partial charge in [-0.15, -0.1) is 0 Å². The molecule has 0 aliphatic rings. The molecule has 0 atom stereocenters. The summed E-state index contributed by atoms with van der Waals surface area (Å²) < 4.78 is 0. The number of carbonyl (C=O) groups is 1. The van der Waals surface area contributed by atoms with Gasteiger partial charge in [-0.1, -0.05) is 54.6 Å². The number of hydrogen-bond acceptors (Lipinski definition) is 2. The van der Waals surface area contributed by atoms with Gasteiger partial charge >= 0.3 is 0 Å². The number of benzene rings is 2. The lowest BCUT2D eigenvalue weighted by Crippen LogP contribution is -2.22. The molecular weight excluding hydrogens is 314 g/mol. The van der Waals surface area contributed by atoms with Crippen LogP contribution in [0.5, 0.6) is 0 Å². The maximum atomic E-state index is 12.1. The van der Waals surface area contributed by atoms with E-state index in [0.717, 1.165) is 18.4 Å². The Hall–Kier alpha value is -2.39. The average molecular weight is 335 g/mol. The quantitative estimate of drug-likeness (QED) is 0.643. The van der Waals surface area contributed by atoms with Gasteiger partial charge in [0.25, 0.3) is 0 Å². The second kappa shape index (κ2) is 8.46. The van der Waals surface area contributed by atoms with Crippen molar-refractivity contribution in [1.82, 2.24) is 5.32 Å². The van der Waals surface area contributed by atoms with E-state index >= 15 is 0 Å². The predicted octanol–water partition coefficient (Wildman–Crippen LogP) is 5.05. The maximum Gasteiger partial charge on any atom is 0.220 e. The van der Waals surface area contributed by atoms with Crippen LogP contribution in [0.25, 0.3) is 11.1 Å². The summed E-state index contributed by atoms with van der Waals surface area (Å²) in [5.41, 5.74) is 4.86. The molecule has 0 radical (unpaired) electrons. The van der Waals surface area contributed by atoms with Gasteiger partial charge in [-0.3, -0.25) is 4.79 Å². The van der Waals surface area contributed by atoms with Crippen molar-refractivity contribution in [2.45, 2.75) is 25.8 Å². The summed E-state index contributed by atoms with van der Waals surface area (Å²) >= 11 is 1.69. The van der Waals surface area contributed by atoms with Gasteiger partial charge in [0.1, 0.15) is 0 Å². The number of thiophene rings is 1. The van der Waals surface area contributed by atoms with Crippen molar-refractivity contribution in [3.63, 3.8) is 0 Å². The van der Waals surface area contributed by atoms with Gasteiger partial charge in [0.05, 0.1) is 0 Å². The second-order valence-corrected chi connectivity index (χ2v) is 6.57. The third-order valence-electron chi connectivity index (χ3n) is 4.04. The van der Waals surface area contributed by atoms with Crippen molar-refractivity contribution in [2.75, 3.05) is 0 Å². The summed E-state index contributed by atoms with van der Waals surface area (Å²) in [6.45, 7) is 0.580. The van der Waals surface area contributed by atoms with Gasteiger partial charge in [-0.05, 0) is 51.9 Å². The van der Waals surface area contributed by atoms with Crippen molar-refractivity contribution in [3.05, 3.63) is 82.6 Å². The van der Waals surface area contributed by atoms with Crippen molar-refractivity contribution in [2.24, 2.45) is 0 Å². The van der Waals surface area contributed by atoms with Gasteiger partial charge in [-0.2, -0.15) is 11.3 Å². The standard InChI is InChI=1S/C21H21NOS/c23-21(12-6-9-17-7-2-1-3-8-17)22-15-18-10-4-5-11-20(18)19-13-14-24-16-19/h1-5,7-8,10-11,13-14,16H,6,9,12,15H2,(H,22,23). The minimum atomic E-state index is 0.117. The van der Waals surface area contributed by atoms with Gasteiger partial charge in [0.2, 0.25) is 5.91 Å². The maximum absolute atomic E-state index is 12.1. The molecule has 1 aromatic heterocycles. The molecule has 3 aromatic rings. The molecule has 1 N–H and O–H groups in total. The van der Waals surface area contributed by atoms with Crippen molar-refractivity contribution in [1.29, 1.82) is 0 Å². The Morgan fingerprint density at radius 1 is 0.958 bits per heavy atom. The Morgan fingerprint density at radius 3 is 2.54 bits per heavy atom.